The standard InChI is InChI=1S/C20H27N3O/c1-16-4-3-5-19(14-16)20(10-12-23(2)13-11-20)18-8-6-17(7-9-18)15-24-22-21/h3-9,14,22H,10-13,15,21H2,1-2H3. The molecule has 4 heteroatoms. The fraction of sp³-hybridized carbons (Fsp3) is 0.400. The molecule has 0 amide bonds. The van der Waals surface area contributed by atoms with Gasteiger partial charge in [0.1, 0.15) is 0 Å². The summed E-state index contributed by atoms with van der Waals surface area (Å²) in [6, 6.07) is 17.8. The summed E-state index contributed by atoms with van der Waals surface area (Å²) in [7, 11) is 2.21. The molecule has 1 saturated heterocycles. The number of nitrogens with one attached hydrogen (secondary N) is 1. The number of piperidine rings is 1. The van der Waals surface area contributed by atoms with Crippen LogP contribution in [-0.4, -0.2) is 25.0 Å². The molecule has 3 rings (SSSR count). The van der Waals surface area contributed by atoms with Crippen molar-refractivity contribution in [2.24, 2.45) is 5.84 Å². The van der Waals surface area contributed by atoms with Crippen LogP contribution in [0.4, 0.5) is 0 Å². The zero-order chi connectivity index (χ0) is 17.0. The number of likely N-dealkylation sites (tertiary alicyclic amines) is 1. The Kier molecular flexibility index (Phi) is 5.31. The van der Waals surface area contributed by atoms with Crippen LogP contribution in [-0.2, 0) is 16.9 Å². The maximum absolute atomic E-state index is 5.17. The third-order valence-corrected chi connectivity index (χ3v) is 5.24. The van der Waals surface area contributed by atoms with E-state index >= 15 is 0 Å². The number of benzene rings is 2. The Bertz CT molecular complexity index is 661. The van der Waals surface area contributed by atoms with Crippen LogP contribution in [0.25, 0.3) is 0 Å². The average molecular weight is 325 g/mol. The first-order valence-electron chi connectivity index (χ1n) is 8.56. The number of aryl methyl sites for hydroxylation is 1. The van der Waals surface area contributed by atoms with E-state index in [1.165, 1.54) is 16.7 Å². The minimum Gasteiger partial charge on any atom is -0.306 e. The number of nitrogens with zero attached hydrogens (tertiary/aromatic N) is 1. The molecule has 0 radical (unpaired) electrons. The van der Waals surface area contributed by atoms with Crippen LogP contribution < -0.4 is 11.4 Å². The molecular weight excluding hydrogens is 298 g/mol. The molecule has 128 valence electrons. The second-order valence-corrected chi connectivity index (χ2v) is 6.86. The number of hydrogen-bond donors (Lipinski definition) is 2. The van der Waals surface area contributed by atoms with Gasteiger partial charge in [0.25, 0.3) is 0 Å². The molecule has 1 aliphatic heterocycles. The van der Waals surface area contributed by atoms with Crippen LogP contribution >= 0.6 is 0 Å². The van der Waals surface area contributed by atoms with E-state index in [1.54, 1.807) is 0 Å². The maximum atomic E-state index is 5.17. The molecule has 0 unspecified atom stereocenters. The smallest absolute Gasteiger partial charge is 0.0949 e. The summed E-state index contributed by atoms with van der Waals surface area (Å²) in [5.74, 6) is 5.17. The quantitative estimate of drug-likeness (QED) is 0.655. The van der Waals surface area contributed by atoms with E-state index in [4.69, 9.17) is 10.7 Å². The van der Waals surface area contributed by atoms with E-state index in [2.05, 4.69) is 73.0 Å². The van der Waals surface area contributed by atoms with Crippen LogP contribution in [0.5, 0.6) is 0 Å². The highest BCUT2D eigenvalue weighted by Gasteiger charge is 2.37. The highest BCUT2D eigenvalue weighted by molar-refractivity contribution is 5.42. The van der Waals surface area contributed by atoms with Crippen molar-refractivity contribution in [2.75, 3.05) is 20.1 Å². The molecule has 0 aliphatic carbocycles. The van der Waals surface area contributed by atoms with Crippen molar-refractivity contribution in [2.45, 2.75) is 31.8 Å². The molecule has 0 aromatic heterocycles. The average Bonchev–Trinajstić information content (AvgIpc) is 2.61. The lowest BCUT2D eigenvalue weighted by atomic mass is 9.68. The van der Waals surface area contributed by atoms with Crippen LogP contribution in [0.1, 0.15) is 35.1 Å². The fourth-order valence-corrected chi connectivity index (χ4v) is 3.73. The van der Waals surface area contributed by atoms with E-state index in [0.29, 0.717) is 6.61 Å². The zero-order valence-corrected chi connectivity index (χ0v) is 14.6. The molecule has 3 N–H and O–H groups in total. The first-order chi connectivity index (χ1) is 11.6. The summed E-state index contributed by atoms with van der Waals surface area (Å²) < 4.78 is 0. The van der Waals surface area contributed by atoms with E-state index in [0.717, 1.165) is 31.5 Å². The van der Waals surface area contributed by atoms with Crippen LogP contribution in [0, 0.1) is 6.92 Å². The Labute approximate surface area is 144 Å². The minimum atomic E-state index is 0.101. The van der Waals surface area contributed by atoms with Gasteiger partial charge in [-0.15, -0.1) is 5.59 Å². The molecule has 0 bridgehead atoms. The third kappa shape index (κ3) is 3.52. The summed E-state index contributed by atoms with van der Waals surface area (Å²) in [6.45, 7) is 4.88. The Hall–Kier alpha value is -1.72. The van der Waals surface area contributed by atoms with Gasteiger partial charge in [-0.3, -0.25) is 4.84 Å². The van der Waals surface area contributed by atoms with E-state index in [9.17, 15) is 0 Å². The Morgan fingerprint density at radius 3 is 2.42 bits per heavy atom. The molecule has 24 heavy (non-hydrogen) atoms. The molecule has 0 atom stereocenters. The van der Waals surface area contributed by atoms with Crippen LogP contribution in [0.15, 0.2) is 48.5 Å². The molecular formula is C20H27N3O. The molecule has 2 aromatic carbocycles. The first kappa shape index (κ1) is 17.1. The number of rotatable bonds is 5. The fourth-order valence-electron chi connectivity index (χ4n) is 3.73. The van der Waals surface area contributed by atoms with E-state index in [-0.39, 0.29) is 5.41 Å². The predicted molar refractivity (Wildman–Crippen MR) is 97.2 cm³/mol. The van der Waals surface area contributed by atoms with Crippen molar-refractivity contribution in [3.63, 3.8) is 0 Å². The lowest BCUT2D eigenvalue weighted by molar-refractivity contribution is 0.0279. The van der Waals surface area contributed by atoms with Gasteiger partial charge in [0.15, 0.2) is 0 Å². The first-order valence-corrected chi connectivity index (χ1v) is 8.56. The molecule has 0 saturated carbocycles. The molecule has 1 heterocycles. The summed E-state index contributed by atoms with van der Waals surface area (Å²) in [5, 5.41) is 0. The van der Waals surface area contributed by atoms with Gasteiger partial charge < -0.3 is 4.90 Å². The Balaban J connectivity index is 1.96. The molecule has 1 aliphatic rings. The summed E-state index contributed by atoms with van der Waals surface area (Å²) >= 11 is 0. The molecule has 0 spiro atoms. The Morgan fingerprint density at radius 2 is 1.79 bits per heavy atom. The number of hydrazine groups is 1. The summed E-state index contributed by atoms with van der Waals surface area (Å²) in [5.41, 5.74) is 7.60. The van der Waals surface area contributed by atoms with E-state index < -0.39 is 0 Å². The van der Waals surface area contributed by atoms with Gasteiger partial charge in [0.05, 0.1) is 6.61 Å². The summed E-state index contributed by atoms with van der Waals surface area (Å²) in [6.07, 6.45) is 2.29. The third-order valence-electron chi connectivity index (χ3n) is 5.24. The number of nitrogens with two attached hydrogens (primary N) is 1. The number of hydrogen-bond acceptors (Lipinski definition) is 4. The maximum Gasteiger partial charge on any atom is 0.0949 e. The van der Waals surface area contributed by atoms with Crippen molar-refractivity contribution >= 4 is 0 Å². The van der Waals surface area contributed by atoms with Gasteiger partial charge in [0.2, 0.25) is 0 Å². The van der Waals surface area contributed by atoms with E-state index in [1.807, 2.05) is 0 Å². The largest absolute Gasteiger partial charge is 0.306 e. The second kappa shape index (κ2) is 7.45. The van der Waals surface area contributed by atoms with Crippen molar-refractivity contribution in [3.8, 4) is 0 Å². The van der Waals surface area contributed by atoms with Gasteiger partial charge in [-0.05, 0) is 56.6 Å². The second-order valence-electron chi connectivity index (χ2n) is 6.86. The lowest BCUT2D eigenvalue weighted by Gasteiger charge is -2.42. The summed E-state index contributed by atoms with van der Waals surface area (Å²) in [4.78, 5) is 7.49. The van der Waals surface area contributed by atoms with Gasteiger partial charge in [-0.1, -0.05) is 54.1 Å². The van der Waals surface area contributed by atoms with Crippen LogP contribution in [0.2, 0.25) is 0 Å². The molecule has 1 fully saturated rings. The van der Waals surface area contributed by atoms with Crippen molar-refractivity contribution < 1.29 is 4.84 Å². The highest BCUT2D eigenvalue weighted by Crippen LogP contribution is 2.41. The van der Waals surface area contributed by atoms with Gasteiger partial charge in [0, 0.05) is 5.41 Å². The highest BCUT2D eigenvalue weighted by atomic mass is 16.7. The SMILES string of the molecule is Cc1cccc(C2(c3ccc(CONN)cc3)CCN(C)CC2)c1. The Morgan fingerprint density at radius 1 is 1.08 bits per heavy atom. The molecule has 4 nitrogen and oxygen atoms in total. The van der Waals surface area contributed by atoms with Gasteiger partial charge >= 0.3 is 0 Å². The van der Waals surface area contributed by atoms with Gasteiger partial charge in [-0.25, -0.2) is 5.84 Å². The van der Waals surface area contributed by atoms with Gasteiger partial charge in [-0.2, -0.15) is 0 Å². The van der Waals surface area contributed by atoms with Crippen LogP contribution in [0.3, 0.4) is 0 Å². The monoisotopic (exact) mass is 325 g/mol. The topological polar surface area (TPSA) is 50.5 Å². The van der Waals surface area contributed by atoms with Crippen molar-refractivity contribution in [1.29, 1.82) is 0 Å². The zero-order valence-electron chi connectivity index (χ0n) is 14.6. The lowest BCUT2D eigenvalue weighted by Crippen LogP contribution is -2.41. The minimum absolute atomic E-state index is 0.101. The normalized spacial score (nSPS) is 17.8. The van der Waals surface area contributed by atoms with Crippen molar-refractivity contribution in [1.82, 2.24) is 10.5 Å². The molecule has 2 aromatic rings. The van der Waals surface area contributed by atoms with Crippen molar-refractivity contribution in [3.05, 3.63) is 70.8 Å². The predicted octanol–water partition coefficient (Wildman–Crippen LogP) is 2.90.